The summed E-state index contributed by atoms with van der Waals surface area (Å²) < 4.78 is 45.9. The normalized spacial score (nSPS) is 11.6. The lowest BCUT2D eigenvalue weighted by Crippen LogP contribution is -2.14. The summed E-state index contributed by atoms with van der Waals surface area (Å²) in [7, 11) is 0. The molecule has 0 saturated carbocycles. The van der Waals surface area contributed by atoms with E-state index in [0.29, 0.717) is 34.1 Å². The fourth-order valence-electron chi connectivity index (χ4n) is 3.31. The van der Waals surface area contributed by atoms with E-state index in [9.17, 15) is 18.0 Å². The zero-order chi connectivity index (χ0) is 23.8. The predicted molar refractivity (Wildman–Crippen MR) is 120 cm³/mol. The average molecular weight is 453 g/mol. The predicted octanol–water partition coefficient (Wildman–Crippen LogP) is 6.11. The first-order chi connectivity index (χ1) is 15.6. The van der Waals surface area contributed by atoms with Crippen molar-refractivity contribution in [3.05, 3.63) is 88.7 Å². The number of fused-ring (bicyclic) bond motifs is 1. The van der Waals surface area contributed by atoms with Crippen LogP contribution in [0.4, 0.5) is 19.0 Å². The van der Waals surface area contributed by atoms with Gasteiger partial charge in [0, 0.05) is 22.6 Å². The maximum absolute atomic E-state index is 13.8. The van der Waals surface area contributed by atoms with Crippen LogP contribution in [0.15, 0.2) is 54.6 Å². The minimum Gasteiger partial charge on any atom is -0.489 e. The van der Waals surface area contributed by atoms with Gasteiger partial charge in [-0.05, 0) is 47.4 Å². The molecule has 4 aromatic rings. The van der Waals surface area contributed by atoms with Crippen molar-refractivity contribution in [2.45, 2.75) is 32.8 Å². The first-order valence-electron chi connectivity index (χ1n) is 10.3. The van der Waals surface area contributed by atoms with Crippen LogP contribution >= 0.6 is 0 Å². The molecule has 1 aromatic heterocycles. The molecular formula is C25H22F3N3O2. The third-order valence-corrected chi connectivity index (χ3v) is 5.26. The molecule has 2 N–H and O–H groups in total. The van der Waals surface area contributed by atoms with E-state index in [1.165, 1.54) is 0 Å². The lowest BCUT2D eigenvalue weighted by atomic mass is 9.87. The number of anilines is 1. The van der Waals surface area contributed by atoms with Gasteiger partial charge in [-0.15, -0.1) is 0 Å². The van der Waals surface area contributed by atoms with Crippen LogP contribution in [0.2, 0.25) is 0 Å². The molecule has 0 radical (unpaired) electrons. The molecule has 0 aliphatic heterocycles. The second kappa shape index (κ2) is 8.61. The SMILES string of the molecule is CC(C)(C)c1ccc(C(=O)Nc2n[nH]c3ccc(OCc4cc(F)c(F)cc4F)cc23)cc1. The number of carbonyl (C=O) groups is 1. The van der Waals surface area contributed by atoms with Crippen LogP contribution in [0.3, 0.4) is 0 Å². The Hall–Kier alpha value is -3.81. The number of rotatable bonds is 5. The first kappa shape index (κ1) is 22.4. The zero-order valence-corrected chi connectivity index (χ0v) is 18.3. The highest BCUT2D eigenvalue weighted by Gasteiger charge is 2.16. The monoisotopic (exact) mass is 453 g/mol. The summed E-state index contributed by atoms with van der Waals surface area (Å²) in [6.07, 6.45) is 0. The Labute approximate surface area is 188 Å². The minimum atomic E-state index is -1.26. The zero-order valence-electron chi connectivity index (χ0n) is 18.3. The standard InChI is InChI=1S/C25H22F3N3O2/c1-25(2,3)16-6-4-14(5-7-16)24(32)29-23-18-11-17(8-9-22(18)30-31-23)33-13-15-10-20(27)21(28)12-19(15)26/h4-12H,13H2,1-3H3,(H2,29,30,31,32). The number of carbonyl (C=O) groups excluding carboxylic acids is 1. The second-order valence-electron chi connectivity index (χ2n) is 8.71. The summed E-state index contributed by atoms with van der Waals surface area (Å²) in [5.41, 5.74) is 2.11. The Morgan fingerprint density at radius 3 is 2.36 bits per heavy atom. The molecule has 5 nitrogen and oxygen atoms in total. The minimum absolute atomic E-state index is 0.0214. The van der Waals surface area contributed by atoms with E-state index in [0.717, 1.165) is 11.6 Å². The quantitative estimate of drug-likeness (QED) is 0.358. The maximum Gasteiger partial charge on any atom is 0.256 e. The van der Waals surface area contributed by atoms with Crippen molar-refractivity contribution in [3.8, 4) is 5.75 Å². The molecule has 0 aliphatic carbocycles. The summed E-state index contributed by atoms with van der Waals surface area (Å²) in [6.45, 7) is 5.99. The van der Waals surface area contributed by atoms with Gasteiger partial charge in [0.25, 0.3) is 5.91 Å². The van der Waals surface area contributed by atoms with Crippen molar-refractivity contribution < 1.29 is 22.7 Å². The van der Waals surface area contributed by atoms with Crippen LogP contribution < -0.4 is 10.1 Å². The van der Waals surface area contributed by atoms with Crippen LogP contribution in [0.5, 0.6) is 5.75 Å². The van der Waals surface area contributed by atoms with Crippen molar-refractivity contribution in [1.82, 2.24) is 10.2 Å². The van der Waals surface area contributed by atoms with Gasteiger partial charge in [-0.2, -0.15) is 5.10 Å². The summed E-state index contributed by atoms with van der Waals surface area (Å²) in [6, 6.07) is 13.5. The molecular weight excluding hydrogens is 431 g/mol. The molecule has 0 fully saturated rings. The van der Waals surface area contributed by atoms with Crippen molar-refractivity contribution in [2.75, 3.05) is 5.32 Å². The van der Waals surface area contributed by atoms with Crippen molar-refractivity contribution in [2.24, 2.45) is 0 Å². The van der Waals surface area contributed by atoms with Crippen LogP contribution in [-0.2, 0) is 12.0 Å². The van der Waals surface area contributed by atoms with Gasteiger partial charge in [0.15, 0.2) is 17.5 Å². The number of aromatic amines is 1. The number of hydrogen-bond acceptors (Lipinski definition) is 3. The van der Waals surface area contributed by atoms with E-state index in [1.54, 1.807) is 30.3 Å². The third kappa shape index (κ3) is 4.84. The molecule has 0 atom stereocenters. The fourth-order valence-corrected chi connectivity index (χ4v) is 3.31. The Kier molecular flexibility index (Phi) is 5.84. The van der Waals surface area contributed by atoms with E-state index >= 15 is 0 Å². The van der Waals surface area contributed by atoms with Gasteiger partial charge in [0.2, 0.25) is 0 Å². The molecule has 0 bridgehead atoms. The number of nitrogens with zero attached hydrogens (tertiary/aromatic N) is 1. The van der Waals surface area contributed by atoms with Crippen molar-refractivity contribution >= 4 is 22.6 Å². The topological polar surface area (TPSA) is 67.0 Å². The number of halogens is 3. The highest BCUT2D eigenvalue weighted by atomic mass is 19.2. The summed E-state index contributed by atoms with van der Waals surface area (Å²) >= 11 is 0. The van der Waals surface area contributed by atoms with Gasteiger partial charge in [-0.3, -0.25) is 9.89 Å². The smallest absolute Gasteiger partial charge is 0.256 e. The largest absolute Gasteiger partial charge is 0.489 e. The second-order valence-corrected chi connectivity index (χ2v) is 8.71. The lowest BCUT2D eigenvalue weighted by molar-refractivity contribution is 0.102. The van der Waals surface area contributed by atoms with Crippen LogP contribution in [0.1, 0.15) is 42.3 Å². The number of aromatic nitrogens is 2. The number of amides is 1. The van der Waals surface area contributed by atoms with Crippen LogP contribution in [-0.4, -0.2) is 16.1 Å². The fraction of sp³-hybridized carbons (Fsp3) is 0.200. The van der Waals surface area contributed by atoms with Gasteiger partial charge < -0.3 is 10.1 Å². The van der Waals surface area contributed by atoms with E-state index < -0.39 is 17.5 Å². The van der Waals surface area contributed by atoms with E-state index in [-0.39, 0.29) is 23.5 Å². The van der Waals surface area contributed by atoms with Gasteiger partial charge in [0.1, 0.15) is 18.2 Å². The molecule has 4 rings (SSSR count). The number of hydrogen-bond donors (Lipinski definition) is 2. The number of nitrogens with one attached hydrogen (secondary N) is 2. The van der Waals surface area contributed by atoms with Gasteiger partial charge in [0.05, 0.1) is 5.52 Å². The Balaban J connectivity index is 1.51. The Morgan fingerprint density at radius 1 is 0.970 bits per heavy atom. The molecule has 0 aliphatic rings. The summed E-state index contributed by atoms with van der Waals surface area (Å²) in [5, 5.41) is 10.3. The molecule has 3 aromatic carbocycles. The highest BCUT2D eigenvalue weighted by Crippen LogP contribution is 2.27. The number of ether oxygens (including phenoxy) is 1. The van der Waals surface area contributed by atoms with Crippen molar-refractivity contribution in [1.29, 1.82) is 0 Å². The van der Waals surface area contributed by atoms with Gasteiger partial charge in [-0.1, -0.05) is 32.9 Å². The molecule has 0 unspecified atom stereocenters. The molecule has 0 saturated heterocycles. The van der Waals surface area contributed by atoms with E-state index in [1.807, 2.05) is 12.1 Å². The third-order valence-electron chi connectivity index (χ3n) is 5.26. The molecule has 170 valence electrons. The van der Waals surface area contributed by atoms with E-state index in [4.69, 9.17) is 4.74 Å². The Morgan fingerprint density at radius 2 is 1.67 bits per heavy atom. The molecule has 0 spiro atoms. The average Bonchev–Trinajstić information content (AvgIpc) is 3.16. The number of benzene rings is 3. The van der Waals surface area contributed by atoms with Crippen molar-refractivity contribution in [3.63, 3.8) is 0 Å². The van der Waals surface area contributed by atoms with E-state index in [2.05, 4.69) is 36.3 Å². The first-order valence-corrected chi connectivity index (χ1v) is 10.3. The summed E-state index contributed by atoms with van der Waals surface area (Å²) in [4.78, 5) is 12.7. The highest BCUT2D eigenvalue weighted by molar-refractivity contribution is 6.08. The van der Waals surface area contributed by atoms with Crippen LogP contribution in [0.25, 0.3) is 10.9 Å². The van der Waals surface area contributed by atoms with Gasteiger partial charge in [-0.25, -0.2) is 13.2 Å². The molecule has 33 heavy (non-hydrogen) atoms. The number of H-pyrrole nitrogens is 1. The maximum atomic E-state index is 13.8. The lowest BCUT2D eigenvalue weighted by Gasteiger charge is -2.19. The Bertz CT molecular complexity index is 1330. The van der Waals surface area contributed by atoms with Gasteiger partial charge >= 0.3 is 0 Å². The molecule has 1 amide bonds. The van der Waals surface area contributed by atoms with Crippen LogP contribution in [0, 0.1) is 17.5 Å². The molecule has 8 heteroatoms. The summed E-state index contributed by atoms with van der Waals surface area (Å²) in [5.74, 6) is -2.98. The molecule has 1 heterocycles.